The summed E-state index contributed by atoms with van der Waals surface area (Å²) in [6.07, 6.45) is 1.67. The van der Waals surface area contributed by atoms with Crippen LogP contribution in [0.15, 0.2) is 54.7 Å². The van der Waals surface area contributed by atoms with Crippen LogP contribution in [-0.4, -0.2) is 27.8 Å². The van der Waals surface area contributed by atoms with Crippen LogP contribution in [0.3, 0.4) is 0 Å². The van der Waals surface area contributed by atoms with Crippen molar-refractivity contribution in [2.24, 2.45) is 0 Å². The van der Waals surface area contributed by atoms with Gasteiger partial charge in [-0.25, -0.2) is 0 Å². The van der Waals surface area contributed by atoms with Gasteiger partial charge < -0.3 is 10.4 Å². The molecule has 0 aliphatic carbocycles. The zero-order chi connectivity index (χ0) is 14.7. The number of hydrogen-bond donors (Lipinski definition) is 3. The summed E-state index contributed by atoms with van der Waals surface area (Å²) in [5.74, 6) is -0.221. The third-order valence-corrected chi connectivity index (χ3v) is 3.39. The molecule has 0 bridgehead atoms. The quantitative estimate of drug-likeness (QED) is 0.684. The van der Waals surface area contributed by atoms with Crippen LogP contribution in [0.25, 0.3) is 10.9 Å². The number of aromatic amines is 1. The first-order valence-corrected chi connectivity index (χ1v) is 6.68. The van der Waals surface area contributed by atoms with Gasteiger partial charge in [0.05, 0.1) is 24.4 Å². The molecule has 0 saturated carbocycles. The SMILES string of the molecule is O=C(N[C@@H](CO)c1ccccc1)c1ccc2[nH]ncc2c1. The van der Waals surface area contributed by atoms with Crippen LogP contribution >= 0.6 is 0 Å². The number of H-pyrrole nitrogens is 1. The number of aliphatic hydroxyl groups is 1. The fourth-order valence-electron chi connectivity index (χ4n) is 2.25. The smallest absolute Gasteiger partial charge is 0.251 e. The van der Waals surface area contributed by atoms with Gasteiger partial charge in [-0.3, -0.25) is 9.89 Å². The largest absolute Gasteiger partial charge is 0.394 e. The van der Waals surface area contributed by atoms with E-state index in [1.165, 1.54) is 0 Å². The number of carbonyl (C=O) groups is 1. The molecule has 0 aliphatic rings. The Labute approximate surface area is 121 Å². The normalized spacial score (nSPS) is 12.2. The maximum absolute atomic E-state index is 12.3. The molecule has 5 heteroatoms. The van der Waals surface area contributed by atoms with Crippen LogP contribution in [0.4, 0.5) is 0 Å². The molecule has 1 atom stereocenters. The lowest BCUT2D eigenvalue weighted by molar-refractivity contribution is 0.0916. The molecule has 1 amide bonds. The molecular formula is C16H15N3O2. The van der Waals surface area contributed by atoms with E-state index in [1.807, 2.05) is 36.4 Å². The number of nitrogens with zero attached hydrogens (tertiary/aromatic N) is 1. The highest BCUT2D eigenvalue weighted by atomic mass is 16.3. The minimum absolute atomic E-state index is 0.149. The molecule has 106 valence electrons. The lowest BCUT2D eigenvalue weighted by Crippen LogP contribution is -2.30. The van der Waals surface area contributed by atoms with Crippen LogP contribution < -0.4 is 5.32 Å². The predicted octanol–water partition coefficient (Wildman–Crippen LogP) is 2.03. The van der Waals surface area contributed by atoms with Gasteiger partial charge in [0, 0.05) is 10.9 Å². The molecular weight excluding hydrogens is 266 g/mol. The first kappa shape index (κ1) is 13.3. The Morgan fingerprint density at radius 2 is 2.05 bits per heavy atom. The number of fused-ring (bicyclic) bond motifs is 1. The van der Waals surface area contributed by atoms with Crippen molar-refractivity contribution in [3.05, 3.63) is 65.9 Å². The standard InChI is InChI=1S/C16H15N3O2/c20-10-15(11-4-2-1-3-5-11)18-16(21)12-6-7-14-13(8-12)9-17-19-14/h1-9,15,20H,10H2,(H,17,19)(H,18,21)/t15-/m0/s1. The van der Waals surface area contributed by atoms with E-state index in [-0.39, 0.29) is 12.5 Å². The Bertz CT molecular complexity index is 752. The summed E-state index contributed by atoms with van der Waals surface area (Å²) < 4.78 is 0. The highest BCUT2D eigenvalue weighted by molar-refractivity contribution is 5.98. The van der Waals surface area contributed by atoms with Gasteiger partial charge in [0.2, 0.25) is 0 Å². The second kappa shape index (κ2) is 5.76. The average Bonchev–Trinajstić information content (AvgIpc) is 3.00. The van der Waals surface area contributed by atoms with Crippen molar-refractivity contribution in [2.45, 2.75) is 6.04 Å². The van der Waals surface area contributed by atoms with Gasteiger partial charge in [0.15, 0.2) is 0 Å². The summed E-state index contributed by atoms with van der Waals surface area (Å²) in [6.45, 7) is -0.149. The number of rotatable bonds is 4. The second-order valence-electron chi connectivity index (χ2n) is 4.79. The maximum Gasteiger partial charge on any atom is 0.251 e. The second-order valence-corrected chi connectivity index (χ2v) is 4.79. The monoisotopic (exact) mass is 281 g/mol. The van der Waals surface area contributed by atoms with Gasteiger partial charge in [0.25, 0.3) is 5.91 Å². The topological polar surface area (TPSA) is 78.0 Å². The van der Waals surface area contributed by atoms with E-state index in [0.717, 1.165) is 16.5 Å². The molecule has 1 aromatic heterocycles. The Hall–Kier alpha value is -2.66. The Kier molecular flexibility index (Phi) is 3.66. The molecule has 0 fully saturated rings. The van der Waals surface area contributed by atoms with E-state index in [9.17, 15) is 9.90 Å². The van der Waals surface area contributed by atoms with Crippen molar-refractivity contribution in [1.82, 2.24) is 15.5 Å². The van der Waals surface area contributed by atoms with Crippen molar-refractivity contribution in [1.29, 1.82) is 0 Å². The molecule has 0 saturated heterocycles. The zero-order valence-electron chi connectivity index (χ0n) is 11.3. The van der Waals surface area contributed by atoms with Crippen LogP contribution in [0.5, 0.6) is 0 Å². The summed E-state index contributed by atoms with van der Waals surface area (Å²) in [5, 5.41) is 20.0. The highest BCUT2D eigenvalue weighted by Gasteiger charge is 2.15. The average molecular weight is 281 g/mol. The first-order chi connectivity index (χ1) is 10.3. The van der Waals surface area contributed by atoms with Gasteiger partial charge in [-0.15, -0.1) is 0 Å². The summed E-state index contributed by atoms with van der Waals surface area (Å²) in [6, 6.07) is 14.3. The van der Waals surface area contributed by atoms with E-state index in [0.29, 0.717) is 5.56 Å². The number of amides is 1. The van der Waals surface area contributed by atoms with Crippen molar-refractivity contribution < 1.29 is 9.90 Å². The van der Waals surface area contributed by atoms with Crippen LogP contribution in [-0.2, 0) is 0 Å². The number of carbonyl (C=O) groups excluding carboxylic acids is 1. The van der Waals surface area contributed by atoms with Crippen molar-refractivity contribution in [2.75, 3.05) is 6.61 Å². The Morgan fingerprint density at radius 1 is 1.24 bits per heavy atom. The number of aromatic nitrogens is 2. The van der Waals surface area contributed by atoms with Crippen molar-refractivity contribution in [3.8, 4) is 0 Å². The molecule has 1 heterocycles. The third-order valence-electron chi connectivity index (χ3n) is 3.39. The highest BCUT2D eigenvalue weighted by Crippen LogP contribution is 2.16. The van der Waals surface area contributed by atoms with Gasteiger partial charge in [-0.1, -0.05) is 30.3 Å². The Balaban J connectivity index is 1.81. The molecule has 0 spiro atoms. The van der Waals surface area contributed by atoms with Gasteiger partial charge in [-0.05, 0) is 23.8 Å². The van der Waals surface area contributed by atoms with Crippen LogP contribution in [0, 0.1) is 0 Å². The van der Waals surface area contributed by atoms with E-state index in [2.05, 4.69) is 15.5 Å². The number of nitrogens with one attached hydrogen (secondary N) is 2. The molecule has 0 radical (unpaired) electrons. The molecule has 0 aliphatic heterocycles. The fourth-order valence-corrected chi connectivity index (χ4v) is 2.25. The van der Waals surface area contributed by atoms with Gasteiger partial charge in [0.1, 0.15) is 0 Å². The summed E-state index contributed by atoms with van der Waals surface area (Å²) in [7, 11) is 0. The molecule has 21 heavy (non-hydrogen) atoms. The maximum atomic E-state index is 12.3. The van der Waals surface area contributed by atoms with Gasteiger partial charge >= 0.3 is 0 Å². The zero-order valence-corrected chi connectivity index (χ0v) is 11.3. The molecule has 0 unspecified atom stereocenters. The van der Waals surface area contributed by atoms with Crippen molar-refractivity contribution in [3.63, 3.8) is 0 Å². The van der Waals surface area contributed by atoms with Crippen LogP contribution in [0.1, 0.15) is 22.0 Å². The predicted molar refractivity (Wildman–Crippen MR) is 79.8 cm³/mol. The van der Waals surface area contributed by atoms with E-state index >= 15 is 0 Å². The summed E-state index contributed by atoms with van der Waals surface area (Å²) >= 11 is 0. The summed E-state index contributed by atoms with van der Waals surface area (Å²) in [5.41, 5.74) is 2.30. The summed E-state index contributed by atoms with van der Waals surface area (Å²) in [4.78, 5) is 12.3. The minimum Gasteiger partial charge on any atom is -0.394 e. The van der Waals surface area contributed by atoms with Gasteiger partial charge in [-0.2, -0.15) is 5.10 Å². The third kappa shape index (κ3) is 2.78. The molecule has 5 nitrogen and oxygen atoms in total. The first-order valence-electron chi connectivity index (χ1n) is 6.68. The molecule has 3 aromatic rings. The number of hydrogen-bond acceptors (Lipinski definition) is 3. The lowest BCUT2D eigenvalue weighted by atomic mass is 10.1. The molecule has 3 rings (SSSR count). The Morgan fingerprint density at radius 3 is 2.81 bits per heavy atom. The van der Waals surface area contributed by atoms with E-state index in [4.69, 9.17) is 0 Å². The number of benzene rings is 2. The fraction of sp³-hybridized carbons (Fsp3) is 0.125. The van der Waals surface area contributed by atoms with E-state index in [1.54, 1.807) is 18.3 Å². The van der Waals surface area contributed by atoms with E-state index < -0.39 is 6.04 Å². The molecule has 2 aromatic carbocycles. The van der Waals surface area contributed by atoms with Crippen molar-refractivity contribution >= 4 is 16.8 Å². The molecule has 3 N–H and O–H groups in total. The lowest BCUT2D eigenvalue weighted by Gasteiger charge is -2.16. The van der Waals surface area contributed by atoms with Crippen LogP contribution in [0.2, 0.25) is 0 Å². The minimum atomic E-state index is -0.418. The number of aliphatic hydroxyl groups excluding tert-OH is 1.